The molecule has 30 heavy (non-hydrogen) atoms. The third kappa shape index (κ3) is 3.12. The number of nitrogens with one attached hydrogen (secondary N) is 1. The summed E-state index contributed by atoms with van der Waals surface area (Å²) in [7, 11) is 0. The second-order valence-electron chi connectivity index (χ2n) is 7.52. The van der Waals surface area contributed by atoms with Crippen LogP contribution in [0, 0.1) is 12.8 Å². The van der Waals surface area contributed by atoms with Crippen LogP contribution in [0.4, 0.5) is 8.78 Å². The van der Waals surface area contributed by atoms with E-state index in [-0.39, 0.29) is 17.5 Å². The number of fused-ring (bicyclic) bond motifs is 2. The van der Waals surface area contributed by atoms with E-state index in [0.717, 1.165) is 12.8 Å². The molecule has 5 rings (SSSR count). The molecule has 1 aromatic heterocycles. The van der Waals surface area contributed by atoms with Gasteiger partial charge in [-0.2, -0.15) is 0 Å². The first-order valence-electron chi connectivity index (χ1n) is 9.81. The predicted molar refractivity (Wildman–Crippen MR) is 106 cm³/mol. The van der Waals surface area contributed by atoms with Crippen LogP contribution in [0.3, 0.4) is 0 Å². The molecule has 2 atom stereocenters. The van der Waals surface area contributed by atoms with Gasteiger partial charge in [0.05, 0.1) is 5.56 Å². The highest BCUT2D eigenvalue weighted by atomic mass is 19.3. The zero-order chi connectivity index (χ0) is 20.8. The molecule has 1 saturated heterocycles. The molecular formula is C20H20F2N6O2. The van der Waals surface area contributed by atoms with Crippen LogP contribution in [0.2, 0.25) is 0 Å². The number of likely N-dealkylation sites (tertiary alicyclic amines) is 1. The highest BCUT2D eigenvalue weighted by Crippen LogP contribution is 2.32. The molecule has 8 nitrogen and oxygen atoms in total. The minimum Gasteiger partial charge on any atom is -0.440 e. The lowest BCUT2D eigenvalue weighted by atomic mass is 9.92. The van der Waals surface area contributed by atoms with Gasteiger partial charge in [-0.15, -0.1) is 0 Å². The minimum absolute atomic E-state index is 0.112. The Morgan fingerprint density at radius 3 is 3.07 bits per heavy atom. The maximum absolute atomic E-state index is 13.3. The van der Waals surface area contributed by atoms with E-state index in [2.05, 4.69) is 20.4 Å². The molecule has 1 aromatic carbocycles. The van der Waals surface area contributed by atoms with Crippen LogP contribution in [-0.2, 0) is 0 Å². The smallest absolute Gasteiger partial charge is 0.280 e. The van der Waals surface area contributed by atoms with Gasteiger partial charge >= 0.3 is 0 Å². The molecule has 0 bridgehead atoms. The standard InChI is InChI=1S/C20H20F2N6O2/c1-11-25-14-6-2-5-13(17(14)30-11)19(29)27-7-3-4-12(9-27)16-8-15(18(21)22)26-20-23-10-24-28(16)20/h2,5-6,8,10,12,18,20H,3-4,7,9H2,1H3,(H,23,24)/t12-,20?/m0/s1. The number of hydrogen-bond acceptors (Lipinski definition) is 7. The van der Waals surface area contributed by atoms with E-state index < -0.39 is 12.7 Å². The third-order valence-electron chi connectivity index (χ3n) is 5.58. The SMILES string of the molecule is Cc1nc2cccc(C(=O)N3CCC[C@H](C4=CC(C(F)F)=NC5N=CNN45)C3)c2o1. The van der Waals surface area contributed by atoms with Crippen LogP contribution in [0.5, 0.6) is 0 Å². The summed E-state index contributed by atoms with van der Waals surface area (Å²) in [6.07, 6.45) is 1.01. The Labute approximate surface area is 170 Å². The first-order valence-corrected chi connectivity index (χ1v) is 9.81. The number of halogens is 2. The number of hydrogen-bond donors (Lipinski definition) is 1. The summed E-state index contributed by atoms with van der Waals surface area (Å²) in [4.78, 5) is 27.4. The zero-order valence-electron chi connectivity index (χ0n) is 16.3. The molecule has 3 aliphatic heterocycles. The summed E-state index contributed by atoms with van der Waals surface area (Å²) in [6.45, 7) is 2.75. The van der Waals surface area contributed by atoms with Crippen molar-refractivity contribution in [1.82, 2.24) is 20.3 Å². The summed E-state index contributed by atoms with van der Waals surface area (Å²) < 4.78 is 32.3. The fourth-order valence-electron chi connectivity index (χ4n) is 4.22. The number of carbonyl (C=O) groups is 1. The van der Waals surface area contributed by atoms with Crippen molar-refractivity contribution in [2.75, 3.05) is 13.1 Å². The maximum Gasteiger partial charge on any atom is 0.280 e. The number of oxazole rings is 1. The molecule has 156 valence electrons. The molecule has 1 fully saturated rings. The Morgan fingerprint density at radius 2 is 2.23 bits per heavy atom. The number of para-hydroxylation sites is 1. The van der Waals surface area contributed by atoms with Gasteiger partial charge in [0.15, 0.2) is 11.5 Å². The molecule has 2 aromatic rings. The number of piperidine rings is 1. The van der Waals surface area contributed by atoms with Gasteiger partial charge in [0.2, 0.25) is 6.29 Å². The number of nitrogens with zero attached hydrogens (tertiary/aromatic N) is 5. The number of aliphatic imine (C=N–C) groups is 2. The van der Waals surface area contributed by atoms with Crippen LogP contribution >= 0.6 is 0 Å². The molecule has 4 heterocycles. The number of aromatic nitrogens is 1. The van der Waals surface area contributed by atoms with E-state index in [4.69, 9.17) is 4.42 Å². The van der Waals surface area contributed by atoms with Crippen molar-refractivity contribution in [1.29, 1.82) is 0 Å². The van der Waals surface area contributed by atoms with E-state index in [1.54, 1.807) is 35.0 Å². The predicted octanol–water partition coefficient (Wildman–Crippen LogP) is 2.72. The summed E-state index contributed by atoms with van der Waals surface area (Å²) >= 11 is 0. The summed E-state index contributed by atoms with van der Waals surface area (Å²) in [5.41, 5.74) is 4.93. The lowest BCUT2D eigenvalue weighted by molar-refractivity contribution is 0.0665. The average molecular weight is 414 g/mol. The molecule has 0 spiro atoms. The minimum atomic E-state index is -2.67. The number of amides is 1. The number of allylic oxidation sites excluding steroid dienone is 1. The fourth-order valence-corrected chi connectivity index (χ4v) is 4.22. The Hall–Kier alpha value is -3.30. The van der Waals surface area contributed by atoms with Crippen molar-refractivity contribution in [3.63, 3.8) is 0 Å². The second kappa shape index (κ2) is 7.19. The molecule has 10 heteroatoms. The molecule has 3 aliphatic rings. The van der Waals surface area contributed by atoms with E-state index in [0.29, 0.717) is 41.3 Å². The van der Waals surface area contributed by atoms with Gasteiger partial charge in [0, 0.05) is 31.6 Å². The number of rotatable bonds is 3. The highest BCUT2D eigenvalue weighted by molar-refractivity contribution is 6.04. The third-order valence-corrected chi connectivity index (χ3v) is 5.58. The summed E-state index contributed by atoms with van der Waals surface area (Å²) in [5.74, 6) is 0.237. The Kier molecular flexibility index (Phi) is 4.48. The van der Waals surface area contributed by atoms with Crippen molar-refractivity contribution >= 4 is 29.1 Å². The normalized spacial score (nSPS) is 23.5. The van der Waals surface area contributed by atoms with Crippen LogP contribution in [0.25, 0.3) is 11.1 Å². The highest BCUT2D eigenvalue weighted by Gasteiger charge is 2.36. The number of benzene rings is 1. The monoisotopic (exact) mass is 414 g/mol. The Morgan fingerprint density at radius 1 is 1.37 bits per heavy atom. The molecular weight excluding hydrogens is 394 g/mol. The first kappa shape index (κ1) is 18.7. The fraction of sp³-hybridized carbons (Fsp3) is 0.400. The molecule has 1 unspecified atom stereocenters. The van der Waals surface area contributed by atoms with Crippen LogP contribution in [0.15, 0.2) is 44.4 Å². The summed E-state index contributed by atoms with van der Waals surface area (Å²) in [5, 5.41) is 1.69. The number of alkyl halides is 2. The first-order chi connectivity index (χ1) is 14.5. The Bertz CT molecular complexity index is 1090. The number of hydrazine groups is 1. The molecule has 0 saturated carbocycles. The Balaban J connectivity index is 1.42. The van der Waals surface area contributed by atoms with Crippen molar-refractivity contribution in [3.05, 3.63) is 41.4 Å². The van der Waals surface area contributed by atoms with E-state index in [1.165, 1.54) is 12.4 Å². The van der Waals surface area contributed by atoms with Gasteiger partial charge in [-0.05, 0) is 31.1 Å². The molecule has 0 radical (unpaired) electrons. The van der Waals surface area contributed by atoms with Gasteiger partial charge in [-0.3, -0.25) is 10.2 Å². The van der Waals surface area contributed by atoms with Gasteiger partial charge in [0.1, 0.15) is 17.6 Å². The van der Waals surface area contributed by atoms with Gasteiger partial charge in [-0.25, -0.2) is 28.8 Å². The maximum atomic E-state index is 13.3. The van der Waals surface area contributed by atoms with Crippen molar-refractivity contribution in [2.24, 2.45) is 15.9 Å². The molecule has 1 N–H and O–H groups in total. The van der Waals surface area contributed by atoms with Crippen molar-refractivity contribution < 1.29 is 18.0 Å². The quantitative estimate of drug-likeness (QED) is 0.835. The van der Waals surface area contributed by atoms with Crippen molar-refractivity contribution in [3.8, 4) is 0 Å². The lowest BCUT2D eigenvalue weighted by Gasteiger charge is -2.39. The van der Waals surface area contributed by atoms with Crippen LogP contribution < -0.4 is 5.43 Å². The number of aryl methyl sites for hydroxylation is 1. The zero-order valence-corrected chi connectivity index (χ0v) is 16.3. The van der Waals surface area contributed by atoms with Crippen molar-refractivity contribution in [2.45, 2.75) is 32.5 Å². The topological polar surface area (TPSA) is 86.3 Å². The van der Waals surface area contributed by atoms with Gasteiger partial charge in [-0.1, -0.05) is 6.07 Å². The summed E-state index contributed by atoms with van der Waals surface area (Å²) in [6, 6.07) is 5.31. The molecule has 0 aliphatic carbocycles. The van der Waals surface area contributed by atoms with Gasteiger partial charge < -0.3 is 9.32 Å². The van der Waals surface area contributed by atoms with E-state index in [1.807, 2.05) is 0 Å². The largest absolute Gasteiger partial charge is 0.440 e. The van der Waals surface area contributed by atoms with E-state index in [9.17, 15) is 13.6 Å². The lowest BCUT2D eigenvalue weighted by Crippen LogP contribution is -2.47. The average Bonchev–Trinajstić information content (AvgIpc) is 3.37. The van der Waals surface area contributed by atoms with Crippen LogP contribution in [0.1, 0.15) is 29.1 Å². The number of carbonyl (C=O) groups excluding carboxylic acids is 1. The van der Waals surface area contributed by atoms with Gasteiger partial charge in [0.25, 0.3) is 12.3 Å². The second-order valence-corrected chi connectivity index (χ2v) is 7.52. The molecule has 1 amide bonds. The van der Waals surface area contributed by atoms with E-state index >= 15 is 0 Å². The van der Waals surface area contributed by atoms with Crippen LogP contribution in [-0.4, -0.2) is 58.7 Å².